The summed E-state index contributed by atoms with van der Waals surface area (Å²) in [6.45, 7) is 1.65. The van der Waals surface area contributed by atoms with Crippen LogP contribution in [-0.2, 0) is 20.6 Å². The van der Waals surface area contributed by atoms with Gasteiger partial charge in [0, 0.05) is 26.0 Å². The Labute approximate surface area is 153 Å². The van der Waals surface area contributed by atoms with Gasteiger partial charge in [0.15, 0.2) is 5.75 Å². The molecule has 6 nitrogen and oxygen atoms in total. The molecule has 23 heavy (non-hydrogen) atoms. The van der Waals surface area contributed by atoms with Crippen molar-refractivity contribution in [2.45, 2.75) is 6.54 Å². The van der Waals surface area contributed by atoms with Crippen molar-refractivity contribution in [3.05, 3.63) is 42.2 Å². The number of benzene rings is 1. The topological polar surface area (TPSA) is 62.2 Å². The number of hydrogen-bond acceptors (Lipinski definition) is 5. The molecular formula is C12H14Cl4FeN2O4. The van der Waals surface area contributed by atoms with Crippen LogP contribution in [-0.4, -0.2) is 34.8 Å². The molecule has 0 amide bonds. The Hall–Kier alpha value is -0.691. The van der Waals surface area contributed by atoms with Gasteiger partial charge in [-0.15, -0.1) is 0 Å². The van der Waals surface area contributed by atoms with Crippen LogP contribution in [0, 0.1) is 0 Å². The van der Waals surface area contributed by atoms with Crippen LogP contribution in [0.25, 0.3) is 0 Å². The average Bonchev–Trinajstić information content (AvgIpc) is 2.81. The first-order chi connectivity index (χ1) is 10.6. The van der Waals surface area contributed by atoms with Gasteiger partial charge < -0.3 is 14.9 Å². The van der Waals surface area contributed by atoms with Crippen molar-refractivity contribution in [3.63, 3.8) is 0 Å². The van der Waals surface area contributed by atoms with Crippen molar-refractivity contribution in [2.75, 3.05) is 13.7 Å². The molecule has 0 fully saturated rings. The maximum atomic E-state index is 10.1. The van der Waals surface area contributed by atoms with Crippen molar-refractivity contribution >= 4 is 46.5 Å². The van der Waals surface area contributed by atoms with Crippen LogP contribution < -0.4 is 4.89 Å². The van der Waals surface area contributed by atoms with Gasteiger partial charge in [0.05, 0.1) is 6.67 Å². The SMILES string of the molecule is CN1C=CN(Cc2ccc(OOC(=O)O)cc2)C1.[Cl][Fe]([Cl])([Cl])[Cl]. The van der Waals surface area contributed by atoms with E-state index in [-0.39, 0.29) is 0 Å². The van der Waals surface area contributed by atoms with E-state index >= 15 is 0 Å². The van der Waals surface area contributed by atoms with E-state index in [1.807, 2.05) is 31.6 Å². The molecule has 1 heterocycles. The second kappa shape index (κ2) is 9.57. The fourth-order valence-corrected chi connectivity index (χ4v) is 1.66. The van der Waals surface area contributed by atoms with Crippen molar-refractivity contribution in [1.82, 2.24) is 9.80 Å². The Morgan fingerprint density at radius 2 is 1.78 bits per heavy atom. The van der Waals surface area contributed by atoms with E-state index in [9.17, 15) is 4.79 Å². The van der Waals surface area contributed by atoms with Crippen molar-refractivity contribution in [2.24, 2.45) is 0 Å². The Balaban J connectivity index is 0.000000463. The van der Waals surface area contributed by atoms with E-state index in [0.717, 1.165) is 18.8 Å². The number of carbonyl (C=O) groups is 1. The maximum absolute atomic E-state index is 10.1. The normalized spacial score (nSPS) is 14.1. The summed E-state index contributed by atoms with van der Waals surface area (Å²) < 4.78 is 0. The summed E-state index contributed by atoms with van der Waals surface area (Å²) in [5.41, 5.74) is 1.11. The molecule has 0 saturated heterocycles. The molecular weight excluding hydrogens is 434 g/mol. The number of nitrogens with zero attached hydrogens (tertiary/aromatic N) is 2. The Kier molecular flexibility index (Phi) is 8.47. The van der Waals surface area contributed by atoms with Crippen LogP contribution >= 0.6 is 40.4 Å². The Bertz CT molecular complexity index is 533. The third kappa shape index (κ3) is 10.7. The molecule has 1 aromatic carbocycles. The van der Waals surface area contributed by atoms with Crippen LogP contribution in [0.15, 0.2) is 36.7 Å². The van der Waals surface area contributed by atoms with Crippen LogP contribution in [0.4, 0.5) is 4.79 Å². The summed E-state index contributed by atoms with van der Waals surface area (Å²) >= 11 is 0. The van der Waals surface area contributed by atoms with Gasteiger partial charge in [-0.05, 0) is 17.7 Å². The molecule has 11 heteroatoms. The van der Waals surface area contributed by atoms with Gasteiger partial charge in [0.25, 0.3) is 0 Å². The fourth-order valence-electron chi connectivity index (χ4n) is 1.66. The van der Waals surface area contributed by atoms with Crippen LogP contribution in [0.2, 0.25) is 0 Å². The van der Waals surface area contributed by atoms with Crippen LogP contribution in [0.5, 0.6) is 5.75 Å². The summed E-state index contributed by atoms with van der Waals surface area (Å²) in [6.07, 6.45) is 2.57. The molecule has 0 radical (unpaired) electrons. The number of carboxylic acid groups (broad SMARTS) is 1. The average molecular weight is 448 g/mol. The van der Waals surface area contributed by atoms with Crippen molar-refractivity contribution in [3.8, 4) is 5.75 Å². The van der Waals surface area contributed by atoms with Gasteiger partial charge >= 0.3 is 55.7 Å². The summed E-state index contributed by atoms with van der Waals surface area (Å²) in [6, 6.07) is 7.07. The van der Waals surface area contributed by atoms with Gasteiger partial charge in [-0.2, -0.15) is 0 Å². The van der Waals surface area contributed by atoms with E-state index in [1.165, 1.54) is 0 Å². The molecule has 1 aliphatic heterocycles. The number of rotatable bonds is 4. The summed E-state index contributed by atoms with van der Waals surface area (Å²) in [5.74, 6) is 0.357. The van der Waals surface area contributed by atoms with Crippen LogP contribution in [0.3, 0.4) is 0 Å². The fraction of sp³-hybridized carbons (Fsp3) is 0.250. The van der Waals surface area contributed by atoms with Gasteiger partial charge in [-0.25, -0.2) is 9.68 Å². The molecule has 1 aromatic rings. The molecule has 0 bridgehead atoms. The standard InChI is InChI=1S/C12H14N2O4.4ClH.Fe/c1-13-6-7-14(9-13)8-10-2-4-11(5-3-10)17-18-12(15)16;;;;;/h2-7H,8-9H2,1H3,(H,15,16);4*1H;/q;;;;;+4/p-4. The van der Waals surface area contributed by atoms with Crippen molar-refractivity contribution < 1.29 is 28.9 Å². The molecule has 0 aliphatic carbocycles. The molecule has 0 spiro atoms. The van der Waals surface area contributed by atoms with Crippen molar-refractivity contribution in [1.29, 1.82) is 0 Å². The first-order valence-electron chi connectivity index (χ1n) is 5.96. The molecule has 1 N–H and O–H groups in total. The first kappa shape index (κ1) is 20.4. The molecule has 0 atom stereocenters. The van der Waals surface area contributed by atoms with E-state index in [2.05, 4.69) is 19.6 Å². The summed E-state index contributed by atoms with van der Waals surface area (Å²) in [7, 11) is 19.2. The third-order valence-electron chi connectivity index (χ3n) is 2.45. The summed E-state index contributed by atoms with van der Waals surface area (Å²) in [4.78, 5) is 22.9. The van der Waals surface area contributed by atoms with Gasteiger partial charge in [0.1, 0.15) is 0 Å². The van der Waals surface area contributed by atoms with Crippen LogP contribution in [0.1, 0.15) is 5.56 Å². The molecule has 1 aliphatic rings. The zero-order valence-electron chi connectivity index (χ0n) is 11.8. The van der Waals surface area contributed by atoms with Gasteiger partial charge in [-0.1, -0.05) is 12.1 Å². The Morgan fingerprint density at radius 3 is 2.22 bits per heavy atom. The Morgan fingerprint density at radius 1 is 1.22 bits per heavy atom. The van der Waals surface area contributed by atoms with E-state index in [1.54, 1.807) is 12.1 Å². The monoisotopic (exact) mass is 446 g/mol. The van der Waals surface area contributed by atoms with E-state index in [4.69, 9.17) is 45.5 Å². The second-order valence-electron chi connectivity index (χ2n) is 4.32. The van der Waals surface area contributed by atoms with Gasteiger partial charge in [0.2, 0.25) is 0 Å². The molecule has 132 valence electrons. The van der Waals surface area contributed by atoms with E-state index in [0.29, 0.717) is 5.75 Å². The summed E-state index contributed by atoms with van der Waals surface area (Å²) in [5, 5.41) is 8.28. The zero-order chi connectivity index (χ0) is 17.5. The first-order valence-corrected chi connectivity index (χ1v) is 12.0. The number of hydrogen-bond donors (Lipinski definition) is 1. The predicted octanol–water partition coefficient (Wildman–Crippen LogP) is 4.61. The number of halogens is 4. The zero-order valence-corrected chi connectivity index (χ0v) is 15.9. The molecule has 0 aromatic heterocycles. The minimum atomic E-state index is -2.61. The molecule has 0 saturated carbocycles. The molecule has 2 rings (SSSR count). The van der Waals surface area contributed by atoms with Gasteiger partial charge in [-0.3, -0.25) is 4.89 Å². The second-order valence-corrected chi connectivity index (χ2v) is 15.3. The molecule has 0 unspecified atom stereocenters. The third-order valence-corrected chi connectivity index (χ3v) is 2.45. The quantitative estimate of drug-likeness (QED) is 0.413. The van der Waals surface area contributed by atoms with E-state index < -0.39 is 15.4 Å². The predicted molar refractivity (Wildman–Crippen MR) is 86.9 cm³/mol. The minimum absolute atomic E-state index is 0.357.